The zero-order chi connectivity index (χ0) is 21.4. The van der Waals surface area contributed by atoms with Gasteiger partial charge >= 0.3 is 5.97 Å². The molecule has 1 N–H and O–H groups in total. The predicted molar refractivity (Wildman–Crippen MR) is 127 cm³/mol. The van der Waals surface area contributed by atoms with E-state index in [0.717, 1.165) is 19.5 Å². The lowest BCUT2D eigenvalue weighted by Crippen LogP contribution is -2.10. The third-order valence-corrected chi connectivity index (χ3v) is 3.54. The quantitative estimate of drug-likeness (QED) is 0.613. The van der Waals surface area contributed by atoms with Gasteiger partial charge in [-0.3, -0.25) is 0 Å². The Morgan fingerprint density at radius 2 is 1.17 bits per heavy atom. The predicted octanol–water partition coefficient (Wildman–Crippen LogP) is 5.35. The van der Waals surface area contributed by atoms with Gasteiger partial charge in [0.2, 0.25) is 0 Å². The summed E-state index contributed by atoms with van der Waals surface area (Å²) >= 11 is 0. The first-order valence-electron chi connectivity index (χ1n) is 9.54. The smallest absolute Gasteiger partial charge is 0.330 e. The Balaban J connectivity index is 0. The first kappa shape index (κ1) is 29.1. The van der Waals surface area contributed by atoms with Crippen molar-refractivity contribution in [3.8, 4) is 0 Å². The van der Waals surface area contributed by atoms with E-state index in [-0.39, 0.29) is 12.4 Å². The standard InChI is InChI=1S/2C9H13N.C6H10O2.ClH/c2*1-10(2)8-9-6-4-3-5-7-9;1-3-4-5(2)6(7)8;/h2*3-7H,8H2,1-2H3;2-4H2,1H3,(H,7,8);1H. The van der Waals surface area contributed by atoms with E-state index in [1.807, 2.05) is 19.1 Å². The number of hydrogen-bond acceptors (Lipinski definition) is 3. The molecule has 0 aliphatic rings. The maximum absolute atomic E-state index is 9.99. The average Bonchev–Trinajstić information content (AvgIpc) is 2.63. The average molecular weight is 421 g/mol. The van der Waals surface area contributed by atoms with Gasteiger partial charge in [-0.05, 0) is 45.7 Å². The lowest BCUT2D eigenvalue weighted by molar-refractivity contribution is -0.132. The minimum absolute atomic E-state index is 0. The van der Waals surface area contributed by atoms with Crippen LogP contribution in [0.15, 0.2) is 72.8 Å². The van der Waals surface area contributed by atoms with Crippen LogP contribution in [0.1, 0.15) is 30.9 Å². The van der Waals surface area contributed by atoms with Crippen molar-refractivity contribution < 1.29 is 9.90 Å². The van der Waals surface area contributed by atoms with Crippen molar-refractivity contribution in [2.75, 3.05) is 28.2 Å². The third-order valence-electron chi connectivity index (χ3n) is 3.54. The molecule has 162 valence electrons. The number of carboxylic acid groups (broad SMARTS) is 1. The van der Waals surface area contributed by atoms with Crippen LogP contribution in [0.5, 0.6) is 0 Å². The molecule has 29 heavy (non-hydrogen) atoms. The van der Waals surface area contributed by atoms with Crippen molar-refractivity contribution in [1.82, 2.24) is 9.80 Å². The Hall–Kier alpha value is -2.14. The number of nitrogens with zero attached hydrogens (tertiary/aromatic N) is 2. The van der Waals surface area contributed by atoms with Crippen molar-refractivity contribution in [3.63, 3.8) is 0 Å². The van der Waals surface area contributed by atoms with Gasteiger partial charge in [0.15, 0.2) is 0 Å². The van der Waals surface area contributed by atoms with E-state index in [2.05, 4.69) is 93.1 Å². The SMILES string of the molecule is C=C(CCC)C(=O)O.CN(C)Cc1ccccc1.CN(C)Cc1ccccc1.Cl. The van der Waals surface area contributed by atoms with Crippen LogP contribution < -0.4 is 0 Å². The van der Waals surface area contributed by atoms with Gasteiger partial charge in [-0.25, -0.2) is 4.79 Å². The molecule has 0 bridgehead atoms. The minimum Gasteiger partial charge on any atom is -0.478 e. The molecular weight excluding hydrogens is 384 g/mol. The number of benzene rings is 2. The molecule has 2 aromatic carbocycles. The molecule has 0 saturated heterocycles. The summed E-state index contributed by atoms with van der Waals surface area (Å²) in [5.74, 6) is -0.883. The molecule has 0 heterocycles. The highest BCUT2D eigenvalue weighted by atomic mass is 35.5. The second-order valence-electron chi connectivity index (χ2n) is 7.11. The summed E-state index contributed by atoms with van der Waals surface area (Å²) in [6.45, 7) is 7.33. The Morgan fingerprint density at radius 1 is 0.828 bits per heavy atom. The first-order valence-corrected chi connectivity index (χ1v) is 9.54. The highest BCUT2D eigenvalue weighted by Gasteiger charge is 1.99. The van der Waals surface area contributed by atoms with E-state index in [1.54, 1.807) is 0 Å². The van der Waals surface area contributed by atoms with Crippen LogP contribution in [0.3, 0.4) is 0 Å². The van der Waals surface area contributed by atoms with E-state index >= 15 is 0 Å². The van der Waals surface area contributed by atoms with Gasteiger partial charge in [-0.1, -0.05) is 80.6 Å². The topological polar surface area (TPSA) is 43.8 Å². The van der Waals surface area contributed by atoms with E-state index in [1.165, 1.54) is 11.1 Å². The van der Waals surface area contributed by atoms with Crippen LogP contribution in [-0.4, -0.2) is 49.1 Å². The summed E-state index contributed by atoms with van der Waals surface area (Å²) in [4.78, 5) is 14.3. The maximum Gasteiger partial charge on any atom is 0.330 e. The normalized spacial score (nSPS) is 9.48. The largest absolute Gasteiger partial charge is 0.478 e. The molecule has 0 atom stereocenters. The second-order valence-corrected chi connectivity index (χ2v) is 7.11. The Kier molecular flexibility index (Phi) is 18.0. The minimum atomic E-state index is -0.883. The van der Waals surface area contributed by atoms with Crippen molar-refractivity contribution in [2.24, 2.45) is 0 Å². The summed E-state index contributed by atoms with van der Waals surface area (Å²) < 4.78 is 0. The highest BCUT2D eigenvalue weighted by Crippen LogP contribution is 2.01. The number of aliphatic carboxylic acids is 1. The van der Waals surface area contributed by atoms with Crippen LogP contribution in [0.2, 0.25) is 0 Å². The Morgan fingerprint density at radius 3 is 1.38 bits per heavy atom. The van der Waals surface area contributed by atoms with Crippen molar-refractivity contribution >= 4 is 18.4 Å². The molecule has 0 radical (unpaired) electrons. The fourth-order valence-corrected chi connectivity index (χ4v) is 2.31. The van der Waals surface area contributed by atoms with Gasteiger partial charge in [0.05, 0.1) is 0 Å². The molecular formula is C24H37ClN2O2. The molecule has 0 aliphatic carbocycles. The molecule has 2 aromatic rings. The Labute approximate surface area is 183 Å². The number of halogens is 1. The fourth-order valence-electron chi connectivity index (χ4n) is 2.31. The van der Waals surface area contributed by atoms with Gasteiger partial charge in [0.25, 0.3) is 0 Å². The van der Waals surface area contributed by atoms with Gasteiger partial charge in [-0.2, -0.15) is 0 Å². The van der Waals surface area contributed by atoms with Crippen LogP contribution in [0.4, 0.5) is 0 Å². The fraction of sp³-hybridized carbons (Fsp3) is 0.375. The summed E-state index contributed by atoms with van der Waals surface area (Å²) in [5, 5.41) is 8.21. The van der Waals surface area contributed by atoms with E-state index in [4.69, 9.17) is 5.11 Å². The molecule has 0 amide bonds. The summed E-state index contributed by atoms with van der Waals surface area (Å²) in [6.07, 6.45) is 1.44. The number of carboxylic acids is 1. The number of hydrogen-bond donors (Lipinski definition) is 1. The van der Waals surface area contributed by atoms with Crippen LogP contribution in [-0.2, 0) is 17.9 Å². The molecule has 0 fully saturated rings. The molecule has 0 aromatic heterocycles. The zero-order valence-corrected chi connectivity index (χ0v) is 19.3. The summed E-state index contributed by atoms with van der Waals surface area (Å²) in [7, 11) is 8.31. The number of carbonyl (C=O) groups is 1. The van der Waals surface area contributed by atoms with Crippen LogP contribution in [0.25, 0.3) is 0 Å². The van der Waals surface area contributed by atoms with E-state index < -0.39 is 5.97 Å². The summed E-state index contributed by atoms with van der Waals surface area (Å²) in [5.41, 5.74) is 3.03. The molecule has 0 aliphatic heterocycles. The highest BCUT2D eigenvalue weighted by molar-refractivity contribution is 5.85. The molecule has 0 unspecified atom stereocenters. The maximum atomic E-state index is 9.99. The van der Waals surface area contributed by atoms with Crippen LogP contribution in [0, 0.1) is 0 Å². The molecule has 5 heteroatoms. The molecule has 4 nitrogen and oxygen atoms in total. The van der Waals surface area contributed by atoms with Gasteiger partial charge < -0.3 is 14.9 Å². The van der Waals surface area contributed by atoms with Crippen molar-refractivity contribution in [3.05, 3.63) is 83.9 Å². The van der Waals surface area contributed by atoms with E-state index in [9.17, 15) is 4.79 Å². The lowest BCUT2D eigenvalue weighted by Gasteiger charge is -2.08. The lowest BCUT2D eigenvalue weighted by atomic mass is 10.2. The summed E-state index contributed by atoms with van der Waals surface area (Å²) in [6, 6.07) is 20.9. The number of rotatable bonds is 7. The zero-order valence-electron chi connectivity index (χ0n) is 18.5. The van der Waals surface area contributed by atoms with Crippen LogP contribution >= 0.6 is 12.4 Å². The monoisotopic (exact) mass is 420 g/mol. The first-order chi connectivity index (χ1) is 13.3. The second kappa shape index (κ2) is 17.9. The third kappa shape index (κ3) is 17.7. The molecule has 0 saturated carbocycles. The molecule has 2 rings (SSSR count). The van der Waals surface area contributed by atoms with Gasteiger partial charge in [-0.15, -0.1) is 12.4 Å². The van der Waals surface area contributed by atoms with Crippen molar-refractivity contribution in [2.45, 2.75) is 32.9 Å². The van der Waals surface area contributed by atoms with Gasteiger partial charge in [0.1, 0.15) is 0 Å². The van der Waals surface area contributed by atoms with Crippen molar-refractivity contribution in [1.29, 1.82) is 0 Å². The van der Waals surface area contributed by atoms with Gasteiger partial charge in [0, 0.05) is 18.7 Å². The molecule has 0 spiro atoms. The Bertz CT molecular complexity index is 614. The van der Waals surface area contributed by atoms with E-state index in [0.29, 0.717) is 12.0 Å².